The maximum atomic E-state index is 12.5. The van der Waals surface area contributed by atoms with E-state index in [0.29, 0.717) is 11.6 Å². The number of hydrogen-bond donors (Lipinski definition) is 1. The topological polar surface area (TPSA) is 61.4 Å². The van der Waals surface area contributed by atoms with Crippen LogP contribution in [-0.2, 0) is 0 Å². The Morgan fingerprint density at radius 1 is 1.12 bits per heavy atom. The molecule has 0 unspecified atom stereocenters. The quantitative estimate of drug-likeness (QED) is 0.927. The number of aromatic nitrogens is 2. The highest BCUT2D eigenvalue weighted by atomic mass is 16.1. The number of piperazine rings is 1. The molecule has 0 radical (unpaired) electrons. The van der Waals surface area contributed by atoms with Crippen LogP contribution >= 0.6 is 0 Å². The Balaban J connectivity index is 1.71. The fraction of sp³-hybridized carbons (Fsp3) is 0.421. The number of likely N-dealkylation sites (N-methyl/N-ethyl adjacent to an activating group) is 1. The summed E-state index contributed by atoms with van der Waals surface area (Å²) in [5, 5.41) is 2.93. The largest absolute Gasteiger partial charge is 0.338 e. The van der Waals surface area contributed by atoms with Gasteiger partial charge in [-0.25, -0.2) is 9.97 Å². The molecular formula is C19H25N5O. The van der Waals surface area contributed by atoms with E-state index in [9.17, 15) is 4.79 Å². The lowest BCUT2D eigenvalue weighted by Gasteiger charge is -2.34. The van der Waals surface area contributed by atoms with Crippen molar-refractivity contribution in [3.8, 4) is 0 Å². The molecule has 6 nitrogen and oxygen atoms in total. The standard InChI is InChI=1S/C19H25N5O/c1-4-23-7-9-24(10-8-23)19-20-6-5-17(22-19)18(25)21-16-12-14(2)11-15(3)13-16/h5-6,11-13H,4,7-10H2,1-3H3,(H,21,25). The van der Waals surface area contributed by atoms with Gasteiger partial charge in [0.25, 0.3) is 5.91 Å². The zero-order valence-electron chi connectivity index (χ0n) is 15.1. The minimum atomic E-state index is -0.208. The van der Waals surface area contributed by atoms with Gasteiger partial charge in [0.1, 0.15) is 5.69 Å². The molecule has 0 saturated carbocycles. The van der Waals surface area contributed by atoms with Crippen LogP contribution < -0.4 is 10.2 Å². The van der Waals surface area contributed by atoms with Crippen molar-refractivity contribution in [2.24, 2.45) is 0 Å². The summed E-state index contributed by atoms with van der Waals surface area (Å²) < 4.78 is 0. The molecule has 1 saturated heterocycles. The van der Waals surface area contributed by atoms with E-state index in [4.69, 9.17) is 0 Å². The Labute approximate surface area is 148 Å². The fourth-order valence-electron chi connectivity index (χ4n) is 3.13. The van der Waals surface area contributed by atoms with Gasteiger partial charge in [0.2, 0.25) is 5.95 Å². The molecule has 2 heterocycles. The maximum Gasteiger partial charge on any atom is 0.274 e. The molecule has 1 aliphatic rings. The molecule has 1 aromatic carbocycles. The van der Waals surface area contributed by atoms with Gasteiger partial charge >= 0.3 is 0 Å². The second kappa shape index (κ2) is 7.61. The second-order valence-electron chi connectivity index (χ2n) is 6.49. The van der Waals surface area contributed by atoms with E-state index in [2.05, 4.69) is 38.1 Å². The van der Waals surface area contributed by atoms with E-state index in [1.54, 1.807) is 12.3 Å². The molecule has 1 fully saturated rings. The van der Waals surface area contributed by atoms with Gasteiger partial charge < -0.3 is 15.1 Å². The highest BCUT2D eigenvalue weighted by Crippen LogP contribution is 2.16. The second-order valence-corrected chi connectivity index (χ2v) is 6.49. The van der Waals surface area contributed by atoms with Crippen LogP contribution in [0, 0.1) is 13.8 Å². The maximum absolute atomic E-state index is 12.5. The summed E-state index contributed by atoms with van der Waals surface area (Å²) in [6, 6.07) is 7.64. The van der Waals surface area contributed by atoms with Gasteiger partial charge in [-0.1, -0.05) is 13.0 Å². The Kier molecular flexibility index (Phi) is 5.28. The lowest BCUT2D eigenvalue weighted by molar-refractivity contribution is 0.102. The third-order valence-corrected chi connectivity index (χ3v) is 4.46. The number of carbonyl (C=O) groups is 1. The SMILES string of the molecule is CCN1CCN(c2nccc(C(=O)Nc3cc(C)cc(C)c3)n2)CC1. The summed E-state index contributed by atoms with van der Waals surface area (Å²) in [7, 11) is 0. The molecule has 1 aliphatic heterocycles. The Hall–Kier alpha value is -2.47. The Morgan fingerprint density at radius 2 is 1.80 bits per heavy atom. The first-order chi connectivity index (χ1) is 12.0. The van der Waals surface area contributed by atoms with Crippen LogP contribution in [0.3, 0.4) is 0 Å². The lowest BCUT2D eigenvalue weighted by Crippen LogP contribution is -2.46. The number of carbonyl (C=O) groups excluding carboxylic acids is 1. The van der Waals surface area contributed by atoms with Gasteiger partial charge in [-0.05, 0) is 49.7 Å². The summed E-state index contributed by atoms with van der Waals surface area (Å²) in [5.41, 5.74) is 3.42. The molecule has 2 aromatic rings. The first-order valence-electron chi connectivity index (χ1n) is 8.75. The van der Waals surface area contributed by atoms with E-state index in [-0.39, 0.29) is 5.91 Å². The van der Waals surface area contributed by atoms with Crippen LogP contribution in [0.1, 0.15) is 28.5 Å². The number of nitrogens with zero attached hydrogens (tertiary/aromatic N) is 4. The zero-order valence-corrected chi connectivity index (χ0v) is 15.1. The van der Waals surface area contributed by atoms with Gasteiger partial charge in [0.15, 0.2) is 0 Å². The van der Waals surface area contributed by atoms with E-state index in [1.807, 2.05) is 26.0 Å². The van der Waals surface area contributed by atoms with Crippen LogP contribution in [0.2, 0.25) is 0 Å². The number of amides is 1. The van der Waals surface area contributed by atoms with Crippen molar-refractivity contribution >= 4 is 17.5 Å². The van der Waals surface area contributed by atoms with E-state index < -0.39 is 0 Å². The number of benzene rings is 1. The number of anilines is 2. The summed E-state index contributed by atoms with van der Waals surface area (Å²) in [4.78, 5) is 25.9. The molecule has 1 aromatic heterocycles. The molecule has 3 rings (SSSR count). The number of rotatable bonds is 4. The predicted molar refractivity (Wildman–Crippen MR) is 100 cm³/mol. The van der Waals surface area contributed by atoms with Crippen molar-refractivity contribution in [3.05, 3.63) is 47.3 Å². The third-order valence-electron chi connectivity index (χ3n) is 4.46. The van der Waals surface area contributed by atoms with Crippen LogP contribution in [0.15, 0.2) is 30.5 Å². The molecule has 132 valence electrons. The molecular weight excluding hydrogens is 314 g/mol. The van der Waals surface area contributed by atoms with Crippen LogP contribution in [0.5, 0.6) is 0 Å². The van der Waals surface area contributed by atoms with Crippen molar-refractivity contribution in [2.75, 3.05) is 42.9 Å². The van der Waals surface area contributed by atoms with Crippen LogP contribution in [-0.4, -0.2) is 53.5 Å². The molecule has 1 amide bonds. The highest BCUT2D eigenvalue weighted by Gasteiger charge is 2.19. The minimum Gasteiger partial charge on any atom is -0.338 e. The van der Waals surface area contributed by atoms with Gasteiger partial charge in [-0.3, -0.25) is 4.79 Å². The van der Waals surface area contributed by atoms with Crippen molar-refractivity contribution < 1.29 is 4.79 Å². The average Bonchev–Trinajstić information content (AvgIpc) is 2.61. The first kappa shape index (κ1) is 17.4. The average molecular weight is 339 g/mol. The van der Waals surface area contributed by atoms with Gasteiger partial charge in [-0.15, -0.1) is 0 Å². The normalized spacial score (nSPS) is 15.2. The monoisotopic (exact) mass is 339 g/mol. The first-order valence-corrected chi connectivity index (χ1v) is 8.75. The van der Waals surface area contributed by atoms with E-state index in [0.717, 1.165) is 49.5 Å². The highest BCUT2D eigenvalue weighted by molar-refractivity contribution is 6.03. The van der Waals surface area contributed by atoms with Gasteiger partial charge in [-0.2, -0.15) is 0 Å². The number of aryl methyl sites for hydroxylation is 2. The predicted octanol–water partition coefficient (Wildman–Crippen LogP) is 2.49. The lowest BCUT2D eigenvalue weighted by atomic mass is 10.1. The minimum absolute atomic E-state index is 0.208. The number of hydrogen-bond acceptors (Lipinski definition) is 5. The van der Waals surface area contributed by atoms with E-state index >= 15 is 0 Å². The summed E-state index contributed by atoms with van der Waals surface area (Å²) in [6.07, 6.45) is 1.66. The van der Waals surface area contributed by atoms with Crippen molar-refractivity contribution in [1.29, 1.82) is 0 Å². The molecule has 0 atom stereocenters. The Bertz CT molecular complexity index is 733. The third kappa shape index (κ3) is 4.33. The van der Waals surface area contributed by atoms with Crippen molar-refractivity contribution in [1.82, 2.24) is 14.9 Å². The van der Waals surface area contributed by atoms with Crippen LogP contribution in [0.4, 0.5) is 11.6 Å². The summed E-state index contributed by atoms with van der Waals surface area (Å²) in [6.45, 7) is 11.0. The molecule has 0 aliphatic carbocycles. The molecule has 25 heavy (non-hydrogen) atoms. The molecule has 1 N–H and O–H groups in total. The van der Waals surface area contributed by atoms with E-state index in [1.165, 1.54) is 0 Å². The smallest absolute Gasteiger partial charge is 0.274 e. The molecule has 0 spiro atoms. The zero-order chi connectivity index (χ0) is 17.8. The fourth-order valence-corrected chi connectivity index (χ4v) is 3.13. The molecule has 0 bridgehead atoms. The molecule has 6 heteroatoms. The van der Waals surface area contributed by atoms with Crippen LogP contribution in [0.25, 0.3) is 0 Å². The van der Waals surface area contributed by atoms with Crippen molar-refractivity contribution in [2.45, 2.75) is 20.8 Å². The number of nitrogens with one attached hydrogen (secondary N) is 1. The summed E-state index contributed by atoms with van der Waals surface area (Å²) >= 11 is 0. The van der Waals surface area contributed by atoms with Gasteiger partial charge in [0.05, 0.1) is 0 Å². The van der Waals surface area contributed by atoms with Crippen molar-refractivity contribution in [3.63, 3.8) is 0 Å². The Morgan fingerprint density at radius 3 is 2.44 bits per heavy atom. The van der Waals surface area contributed by atoms with Gasteiger partial charge in [0, 0.05) is 38.1 Å². The summed E-state index contributed by atoms with van der Waals surface area (Å²) in [5.74, 6) is 0.421.